The lowest BCUT2D eigenvalue weighted by molar-refractivity contribution is -0.137. The van der Waals surface area contributed by atoms with Gasteiger partial charge in [-0.2, -0.15) is 5.10 Å². The van der Waals surface area contributed by atoms with Crippen molar-refractivity contribution in [2.75, 3.05) is 14.2 Å². The lowest BCUT2D eigenvalue weighted by Crippen LogP contribution is -2.37. The molecule has 9 heteroatoms. The Labute approximate surface area is 215 Å². The number of amides is 1. The van der Waals surface area contributed by atoms with Crippen LogP contribution in [0.25, 0.3) is 11.3 Å². The number of hydrogen-bond acceptors (Lipinski definition) is 5. The normalized spacial score (nSPS) is 14.4. The molecule has 0 aliphatic heterocycles. The molecular formula is C28H32FN3O5. The Hall–Kier alpha value is -3.88. The quantitative estimate of drug-likeness (QED) is 0.376. The molecule has 1 aliphatic rings. The van der Waals surface area contributed by atoms with Gasteiger partial charge in [-0.25, -0.2) is 4.39 Å². The minimum atomic E-state index is -1.01. The van der Waals surface area contributed by atoms with Crippen LogP contribution in [0.4, 0.5) is 4.39 Å². The fourth-order valence-corrected chi connectivity index (χ4v) is 4.91. The van der Waals surface area contributed by atoms with Gasteiger partial charge < -0.3 is 19.9 Å². The molecule has 3 aromatic rings. The lowest BCUT2D eigenvalue weighted by atomic mass is 10.0. The number of nitrogens with one attached hydrogen (secondary N) is 1. The molecule has 1 aliphatic carbocycles. The highest BCUT2D eigenvalue weighted by Gasteiger charge is 2.28. The first-order valence-corrected chi connectivity index (χ1v) is 12.5. The maximum atomic E-state index is 13.3. The predicted molar refractivity (Wildman–Crippen MR) is 136 cm³/mol. The number of rotatable bonds is 11. The van der Waals surface area contributed by atoms with Crippen molar-refractivity contribution in [3.63, 3.8) is 0 Å². The van der Waals surface area contributed by atoms with E-state index in [2.05, 4.69) is 10.4 Å². The Bertz CT molecular complexity index is 1210. The van der Waals surface area contributed by atoms with Crippen LogP contribution in [0, 0.1) is 5.82 Å². The van der Waals surface area contributed by atoms with Gasteiger partial charge in [-0.15, -0.1) is 0 Å². The van der Waals surface area contributed by atoms with Crippen LogP contribution in [0.1, 0.15) is 60.6 Å². The number of aliphatic carboxylic acids is 1. The van der Waals surface area contributed by atoms with Crippen LogP contribution >= 0.6 is 0 Å². The number of hydrogen-bond donors (Lipinski definition) is 2. The van der Waals surface area contributed by atoms with Crippen molar-refractivity contribution >= 4 is 11.9 Å². The number of benzene rings is 2. The average molecular weight is 510 g/mol. The van der Waals surface area contributed by atoms with Crippen molar-refractivity contribution in [3.8, 4) is 22.8 Å². The SMILES string of the molecule is COc1cccc(OC)c1-c1cc(C(=O)NC(CCc2ccc(F)cc2)CC(=O)O)nn1C1CCCC1. The molecular weight excluding hydrogens is 477 g/mol. The molecule has 1 aromatic heterocycles. The third-order valence-electron chi connectivity index (χ3n) is 6.77. The average Bonchev–Trinajstić information content (AvgIpc) is 3.57. The molecule has 1 saturated carbocycles. The summed E-state index contributed by atoms with van der Waals surface area (Å²) in [7, 11) is 3.17. The van der Waals surface area contributed by atoms with Gasteiger partial charge in [-0.3, -0.25) is 14.3 Å². The number of halogens is 1. The summed E-state index contributed by atoms with van der Waals surface area (Å²) >= 11 is 0. The molecule has 0 spiro atoms. The number of carboxylic acids is 1. The Kier molecular flexibility index (Phi) is 8.43. The topological polar surface area (TPSA) is 103 Å². The number of carbonyl (C=O) groups is 2. The molecule has 1 heterocycles. The summed E-state index contributed by atoms with van der Waals surface area (Å²) < 4.78 is 26.3. The monoisotopic (exact) mass is 509 g/mol. The second-order valence-corrected chi connectivity index (χ2v) is 9.27. The number of carbonyl (C=O) groups excluding carboxylic acids is 1. The van der Waals surface area contributed by atoms with Crippen molar-refractivity contribution in [2.45, 2.75) is 57.0 Å². The molecule has 2 N–H and O–H groups in total. The van der Waals surface area contributed by atoms with E-state index >= 15 is 0 Å². The number of methoxy groups -OCH3 is 2. The Morgan fingerprint density at radius 2 is 1.76 bits per heavy atom. The molecule has 1 unspecified atom stereocenters. The third kappa shape index (κ3) is 6.28. The third-order valence-corrected chi connectivity index (χ3v) is 6.77. The minimum Gasteiger partial charge on any atom is -0.496 e. The summed E-state index contributed by atoms with van der Waals surface area (Å²) in [5.74, 6) is -0.584. The van der Waals surface area contributed by atoms with Crippen molar-refractivity contribution in [2.24, 2.45) is 0 Å². The van der Waals surface area contributed by atoms with Crippen molar-refractivity contribution in [3.05, 3.63) is 65.6 Å². The number of aromatic nitrogens is 2. The van der Waals surface area contributed by atoms with Gasteiger partial charge in [-0.1, -0.05) is 31.0 Å². The molecule has 0 bridgehead atoms. The second-order valence-electron chi connectivity index (χ2n) is 9.27. The molecule has 8 nitrogen and oxygen atoms in total. The van der Waals surface area contributed by atoms with Crippen LogP contribution < -0.4 is 14.8 Å². The van der Waals surface area contributed by atoms with Crippen LogP contribution in [-0.4, -0.2) is 47.0 Å². The number of ether oxygens (including phenoxy) is 2. The minimum absolute atomic E-state index is 0.138. The fraction of sp³-hybridized carbons (Fsp3) is 0.393. The molecule has 196 valence electrons. The highest BCUT2D eigenvalue weighted by Crippen LogP contribution is 2.41. The summed E-state index contributed by atoms with van der Waals surface area (Å²) in [6, 6.07) is 12.8. The van der Waals surface area contributed by atoms with Gasteiger partial charge in [0.1, 0.15) is 17.3 Å². The number of aryl methyl sites for hydroxylation is 1. The van der Waals surface area contributed by atoms with E-state index in [1.807, 2.05) is 22.9 Å². The fourth-order valence-electron chi connectivity index (χ4n) is 4.91. The Morgan fingerprint density at radius 3 is 2.35 bits per heavy atom. The van der Waals surface area contributed by atoms with Crippen molar-refractivity contribution < 1.29 is 28.6 Å². The largest absolute Gasteiger partial charge is 0.496 e. The van der Waals surface area contributed by atoms with Crippen LogP contribution in [-0.2, 0) is 11.2 Å². The number of carboxylic acid groups (broad SMARTS) is 1. The Balaban J connectivity index is 1.62. The van der Waals surface area contributed by atoms with Gasteiger partial charge in [0.05, 0.1) is 37.9 Å². The Morgan fingerprint density at radius 1 is 1.11 bits per heavy atom. The van der Waals surface area contributed by atoms with Gasteiger partial charge in [-0.05, 0) is 61.6 Å². The first-order valence-electron chi connectivity index (χ1n) is 12.5. The zero-order chi connectivity index (χ0) is 26.4. The van der Waals surface area contributed by atoms with Crippen molar-refractivity contribution in [1.29, 1.82) is 0 Å². The smallest absolute Gasteiger partial charge is 0.305 e. The van der Waals surface area contributed by atoms with Gasteiger partial charge in [0.15, 0.2) is 5.69 Å². The van der Waals surface area contributed by atoms with E-state index in [0.717, 1.165) is 31.2 Å². The summed E-state index contributed by atoms with van der Waals surface area (Å²) in [6.45, 7) is 0. The molecule has 0 radical (unpaired) electrons. The molecule has 1 atom stereocenters. The second kappa shape index (κ2) is 11.9. The van der Waals surface area contributed by atoms with Crippen LogP contribution in [0.2, 0.25) is 0 Å². The maximum Gasteiger partial charge on any atom is 0.305 e. The van der Waals surface area contributed by atoms with Crippen molar-refractivity contribution in [1.82, 2.24) is 15.1 Å². The van der Waals surface area contributed by atoms with Gasteiger partial charge in [0.25, 0.3) is 5.91 Å². The summed E-state index contributed by atoms with van der Waals surface area (Å²) in [5.41, 5.74) is 2.49. The molecule has 4 rings (SSSR count). The zero-order valence-electron chi connectivity index (χ0n) is 21.1. The maximum absolute atomic E-state index is 13.3. The van der Waals surface area contributed by atoms with Gasteiger partial charge >= 0.3 is 5.97 Å². The first-order chi connectivity index (χ1) is 17.9. The van der Waals surface area contributed by atoms with E-state index < -0.39 is 17.9 Å². The highest BCUT2D eigenvalue weighted by atomic mass is 19.1. The van der Waals surface area contributed by atoms with Gasteiger partial charge in [0.2, 0.25) is 0 Å². The van der Waals surface area contributed by atoms with E-state index in [0.29, 0.717) is 35.6 Å². The lowest BCUT2D eigenvalue weighted by Gasteiger charge is -2.18. The standard InChI is InChI=1S/C28H32FN3O5/c1-36-24-8-5-9-25(37-2)27(24)23-17-22(31-32(23)21-6-3-4-7-21)28(35)30-20(16-26(33)34)15-12-18-10-13-19(29)14-11-18/h5,8-11,13-14,17,20-21H,3-4,6-7,12,15-16H2,1-2H3,(H,30,35)(H,33,34). The molecule has 37 heavy (non-hydrogen) atoms. The van der Waals surface area contributed by atoms with E-state index in [9.17, 15) is 19.1 Å². The van der Waals surface area contributed by atoms with Gasteiger partial charge in [0, 0.05) is 6.04 Å². The molecule has 1 fully saturated rings. The zero-order valence-corrected chi connectivity index (χ0v) is 21.1. The van der Waals surface area contributed by atoms with E-state index in [4.69, 9.17) is 9.47 Å². The van der Waals surface area contributed by atoms with Crippen LogP contribution in [0.3, 0.4) is 0 Å². The molecule has 0 saturated heterocycles. The molecule has 2 aromatic carbocycles. The highest BCUT2D eigenvalue weighted by molar-refractivity contribution is 5.94. The predicted octanol–water partition coefficient (Wildman–Crippen LogP) is 5.03. The van der Waals surface area contributed by atoms with E-state index in [-0.39, 0.29) is 24.0 Å². The summed E-state index contributed by atoms with van der Waals surface area (Å²) in [5, 5.41) is 16.9. The molecule has 1 amide bonds. The van der Waals surface area contributed by atoms with Crippen LogP contribution in [0.15, 0.2) is 48.5 Å². The summed E-state index contributed by atoms with van der Waals surface area (Å²) in [4.78, 5) is 24.8. The van der Waals surface area contributed by atoms with E-state index in [1.54, 1.807) is 32.4 Å². The van der Waals surface area contributed by atoms with E-state index in [1.165, 1.54) is 12.1 Å². The van der Waals surface area contributed by atoms with Crippen LogP contribution in [0.5, 0.6) is 11.5 Å². The summed E-state index contributed by atoms with van der Waals surface area (Å²) in [6.07, 6.45) is 4.72. The first kappa shape index (κ1) is 26.2. The number of nitrogens with zero attached hydrogens (tertiary/aromatic N) is 2.